The van der Waals surface area contributed by atoms with Crippen LogP contribution in [0.5, 0.6) is 0 Å². The minimum Gasteiger partial charge on any atom is -0.338 e. The first-order valence-electron chi connectivity index (χ1n) is 9.24. The summed E-state index contributed by atoms with van der Waals surface area (Å²) in [6, 6.07) is 15.6. The monoisotopic (exact) mass is 395 g/mol. The number of hydrogen-bond donors (Lipinski definition) is 0. The van der Waals surface area contributed by atoms with Gasteiger partial charge in [0, 0.05) is 36.5 Å². The second-order valence-corrected chi connectivity index (χ2v) is 7.29. The first-order valence-corrected chi connectivity index (χ1v) is 9.62. The summed E-state index contributed by atoms with van der Waals surface area (Å²) in [4.78, 5) is 23.7. The van der Waals surface area contributed by atoms with Crippen molar-refractivity contribution in [1.29, 1.82) is 0 Å². The molecule has 0 spiro atoms. The van der Waals surface area contributed by atoms with Gasteiger partial charge in [-0.05, 0) is 37.1 Å². The number of benzene rings is 2. The summed E-state index contributed by atoms with van der Waals surface area (Å²) in [5.41, 5.74) is 2.08. The van der Waals surface area contributed by atoms with E-state index in [0.29, 0.717) is 18.9 Å². The lowest BCUT2D eigenvalue weighted by molar-refractivity contribution is 0.0705. The molecule has 4 rings (SSSR count). The fraction of sp³-hybridized carbons (Fsp3) is 0.227. The molecule has 1 amide bonds. The van der Waals surface area contributed by atoms with E-state index in [1.54, 1.807) is 11.1 Å². The van der Waals surface area contributed by atoms with E-state index in [1.165, 1.54) is 18.2 Å². The van der Waals surface area contributed by atoms with Gasteiger partial charge in [0.25, 0.3) is 5.91 Å². The Balaban J connectivity index is 1.56. The molecule has 1 aliphatic rings. The van der Waals surface area contributed by atoms with Crippen LogP contribution in [0, 0.1) is 5.82 Å². The van der Waals surface area contributed by atoms with Gasteiger partial charge in [-0.25, -0.2) is 14.4 Å². The molecule has 0 N–H and O–H groups in total. The SMILES string of the molecule is O=C(c1cc(F)ccc1Cl)N1CCC[C@@H](c2ccnc(-c3ccccc3)n2)C1. The number of nitrogens with zero attached hydrogens (tertiary/aromatic N) is 3. The largest absolute Gasteiger partial charge is 0.338 e. The molecule has 0 radical (unpaired) electrons. The molecule has 4 nitrogen and oxygen atoms in total. The Hall–Kier alpha value is -2.79. The Bertz CT molecular complexity index is 996. The maximum atomic E-state index is 13.6. The Morgan fingerprint density at radius 2 is 1.96 bits per heavy atom. The van der Waals surface area contributed by atoms with E-state index < -0.39 is 5.82 Å². The Morgan fingerprint density at radius 1 is 1.14 bits per heavy atom. The molecule has 2 heterocycles. The number of halogens is 2. The highest BCUT2D eigenvalue weighted by Gasteiger charge is 2.27. The maximum Gasteiger partial charge on any atom is 0.255 e. The molecule has 2 aromatic carbocycles. The second-order valence-electron chi connectivity index (χ2n) is 6.89. The maximum absolute atomic E-state index is 13.6. The predicted octanol–water partition coefficient (Wildman–Crippen LogP) is 4.96. The summed E-state index contributed by atoms with van der Waals surface area (Å²) < 4.78 is 13.6. The second kappa shape index (κ2) is 8.07. The summed E-state index contributed by atoms with van der Waals surface area (Å²) >= 11 is 6.12. The number of carbonyl (C=O) groups is 1. The number of likely N-dealkylation sites (tertiary alicyclic amines) is 1. The van der Waals surface area contributed by atoms with Crippen LogP contribution in [-0.2, 0) is 0 Å². The molecule has 1 aliphatic heterocycles. The van der Waals surface area contributed by atoms with Gasteiger partial charge in [0.15, 0.2) is 5.82 Å². The van der Waals surface area contributed by atoms with Crippen molar-refractivity contribution in [3.05, 3.63) is 82.9 Å². The molecule has 6 heteroatoms. The number of piperidine rings is 1. The molecule has 0 saturated carbocycles. The van der Waals surface area contributed by atoms with Crippen molar-refractivity contribution in [3.8, 4) is 11.4 Å². The standard InChI is InChI=1S/C22H19ClFN3O/c23-19-9-8-17(24)13-18(19)22(28)27-12-4-7-16(14-27)20-10-11-25-21(26-20)15-5-2-1-3-6-15/h1-3,5-6,8-11,13,16H,4,7,12,14H2/t16-/m1/s1. The zero-order valence-corrected chi connectivity index (χ0v) is 15.9. The molecule has 0 bridgehead atoms. The third kappa shape index (κ3) is 3.90. The lowest BCUT2D eigenvalue weighted by atomic mass is 9.94. The minimum absolute atomic E-state index is 0.107. The van der Waals surface area contributed by atoms with Crippen molar-refractivity contribution in [1.82, 2.24) is 14.9 Å². The van der Waals surface area contributed by atoms with Crippen molar-refractivity contribution >= 4 is 17.5 Å². The van der Waals surface area contributed by atoms with Gasteiger partial charge >= 0.3 is 0 Å². The van der Waals surface area contributed by atoms with Gasteiger partial charge in [-0.2, -0.15) is 0 Å². The van der Waals surface area contributed by atoms with Crippen molar-refractivity contribution in [3.63, 3.8) is 0 Å². The van der Waals surface area contributed by atoms with Gasteiger partial charge in [0.2, 0.25) is 0 Å². The average molecular weight is 396 g/mol. The molecule has 0 unspecified atom stereocenters. The van der Waals surface area contributed by atoms with Gasteiger partial charge in [-0.1, -0.05) is 41.9 Å². The van der Waals surface area contributed by atoms with Crippen LogP contribution in [0.15, 0.2) is 60.8 Å². The van der Waals surface area contributed by atoms with E-state index in [1.807, 2.05) is 36.4 Å². The molecule has 1 saturated heterocycles. The van der Waals surface area contributed by atoms with Crippen LogP contribution in [0.2, 0.25) is 5.02 Å². The van der Waals surface area contributed by atoms with E-state index in [-0.39, 0.29) is 22.4 Å². The van der Waals surface area contributed by atoms with Crippen LogP contribution in [-0.4, -0.2) is 33.9 Å². The van der Waals surface area contributed by atoms with Crippen LogP contribution < -0.4 is 0 Å². The predicted molar refractivity (Wildman–Crippen MR) is 107 cm³/mol. The van der Waals surface area contributed by atoms with Gasteiger partial charge in [-0.3, -0.25) is 4.79 Å². The van der Waals surface area contributed by atoms with Crippen LogP contribution in [0.25, 0.3) is 11.4 Å². The van der Waals surface area contributed by atoms with E-state index in [9.17, 15) is 9.18 Å². The molecule has 1 fully saturated rings. The molecule has 28 heavy (non-hydrogen) atoms. The highest BCUT2D eigenvalue weighted by molar-refractivity contribution is 6.33. The van der Waals surface area contributed by atoms with Gasteiger partial charge in [0.05, 0.1) is 10.6 Å². The van der Waals surface area contributed by atoms with Crippen LogP contribution >= 0.6 is 11.6 Å². The highest BCUT2D eigenvalue weighted by atomic mass is 35.5. The summed E-state index contributed by atoms with van der Waals surface area (Å²) in [6.07, 6.45) is 3.55. The molecule has 3 aromatic rings. The molecule has 142 valence electrons. The van der Waals surface area contributed by atoms with Crippen molar-refractivity contribution in [2.75, 3.05) is 13.1 Å². The first-order chi connectivity index (χ1) is 13.6. The van der Waals surface area contributed by atoms with Gasteiger partial charge in [0.1, 0.15) is 5.82 Å². The van der Waals surface area contributed by atoms with Gasteiger partial charge < -0.3 is 4.90 Å². The number of amides is 1. The number of hydrogen-bond acceptors (Lipinski definition) is 3. The quantitative estimate of drug-likeness (QED) is 0.630. The third-order valence-corrected chi connectivity index (χ3v) is 5.32. The number of carbonyl (C=O) groups excluding carboxylic acids is 1. The Morgan fingerprint density at radius 3 is 2.79 bits per heavy atom. The van der Waals surface area contributed by atoms with Crippen molar-refractivity contribution in [2.45, 2.75) is 18.8 Å². The fourth-order valence-electron chi connectivity index (χ4n) is 3.56. The molecule has 1 aromatic heterocycles. The van der Waals surface area contributed by atoms with Crippen molar-refractivity contribution in [2.24, 2.45) is 0 Å². The minimum atomic E-state index is -0.468. The van der Waals surface area contributed by atoms with Crippen LogP contribution in [0.1, 0.15) is 34.8 Å². The highest BCUT2D eigenvalue weighted by Crippen LogP contribution is 2.29. The Kier molecular flexibility index (Phi) is 5.35. The fourth-order valence-corrected chi connectivity index (χ4v) is 3.76. The van der Waals surface area contributed by atoms with Crippen LogP contribution in [0.4, 0.5) is 4.39 Å². The van der Waals surface area contributed by atoms with Gasteiger partial charge in [-0.15, -0.1) is 0 Å². The zero-order valence-electron chi connectivity index (χ0n) is 15.2. The summed E-state index contributed by atoms with van der Waals surface area (Å²) in [5.74, 6) is 0.0707. The van der Waals surface area contributed by atoms with E-state index >= 15 is 0 Å². The summed E-state index contributed by atoms with van der Waals surface area (Å²) in [5, 5.41) is 0.266. The summed E-state index contributed by atoms with van der Waals surface area (Å²) in [6.45, 7) is 1.15. The van der Waals surface area contributed by atoms with E-state index in [2.05, 4.69) is 4.98 Å². The third-order valence-electron chi connectivity index (χ3n) is 4.99. The normalized spacial score (nSPS) is 16.8. The Labute approximate surface area is 168 Å². The first kappa shape index (κ1) is 18.6. The van der Waals surface area contributed by atoms with Crippen LogP contribution in [0.3, 0.4) is 0 Å². The molecular formula is C22H19ClFN3O. The molecule has 1 atom stereocenters. The average Bonchev–Trinajstić information content (AvgIpc) is 2.76. The lowest BCUT2D eigenvalue weighted by Crippen LogP contribution is -2.39. The number of aromatic nitrogens is 2. The number of rotatable bonds is 3. The molecular weight excluding hydrogens is 377 g/mol. The molecule has 0 aliphatic carbocycles. The zero-order chi connectivity index (χ0) is 19.5. The summed E-state index contributed by atoms with van der Waals surface area (Å²) in [7, 11) is 0. The van der Waals surface area contributed by atoms with Crippen molar-refractivity contribution < 1.29 is 9.18 Å². The topological polar surface area (TPSA) is 46.1 Å². The van der Waals surface area contributed by atoms with E-state index in [4.69, 9.17) is 16.6 Å². The smallest absolute Gasteiger partial charge is 0.255 e. The van der Waals surface area contributed by atoms with E-state index in [0.717, 1.165) is 24.1 Å². The lowest BCUT2D eigenvalue weighted by Gasteiger charge is -2.32.